The van der Waals surface area contributed by atoms with Gasteiger partial charge in [-0.1, -0.05) is 18.2 Å². The van der Waals surface area contributed by atoms with Crippen molar-refractivity contribution in [2.45, 2.75) is 51.7 Å². The lowest BCUT2D eigenvalue weighted by atomic mass is 9.98. The Morgan fingerprint density at radius 1 is 1.30 bits per heavy atom. The lowest BCUT2D eigenvalue weighted by Gasteiger charge is -2.33. The van der Waals surface area contributed by atoms with E-state index in [4.69, 9.17) is 16.2 Å². The van der Waals surface area contributed by atoms with Gasteiger partial charge in [-0.3, -0.25) is 5.10 Å². The van der Waals surface area contributed by atoms with Gasteiger partial charge in [0.2, 0.25) is 0 Å². The molecule has 1 aliphatic rings. The number of nitrogen functional groups attached to an aromatic ring is 1. The molecule has 1 amide bonds. The van der Waals surface area contributed by atoms with Gasteiger partial charge in [0.15, 0.2) is 17.5 Å². The van der Waals surface area contributed by atoms with Crippen LogP contribution in [0.5, 0.6) is 0 Å². The largest absolute Gasteiger partial charge is 0.444 e. The fourth-order valence-corrected chi connectivity index (χ4v) is 3.81. The van der Waals surface area contributed by atoms with Crippen LogP contribution >= 0.6 is 0 Å². The van der Waals surface area contributed by atoms with Gasteiger partial charge in [0.1, 0.15) is 11.3 Å². The van der Waals surface area contributed by atoms with Gasteiger partial charge < -0.3 is 21.1 Å². The SMILES string of the molecule is CC(C)(C)OC(=O)N1CCC[C@@H](c2n[nH]c(-c3nc(-c4cccc(CN)c4)cnc3N)n2)C1. The molecule has 4 rings (SSSR count). The number of ether oxygens (including phenoxy) is 1. The summed E-state index contributed by atoms with van der Waals surface area (Å²) in [4.78, 5) is 27.9. The number of nitrogens with zero attached hydrogens (tertiary/aromatic N) is 5. The molecule has 0 unspecified atom stereocenters. The topological polar surface area (TPSA) is 149 Å². The van der Waals surface area contributed by atoms with E-state index in [0.717, 1.165) is 24.0 Å². The van der Waals surface area contributed by atoms with E-state index in [2.05, 4.69) is 25.1 Å². The molecule has 0 saturated carbocycles. The maximum Gasteiger partial charge on any atom is 0.410 e. The van der Waals surface area contributed by atoms with Gasteiger partial charge >= 0.3 is 6.09 Å². The third-order valence-corrected chi connectivity index (χ3v) is 5.42. The van der Waals surface area contributed by atoms with Gasteiger partial charge in [0.25, 0.3) is 0 Å². The van der Waals surface area contributed by atoms with E-state index in [1.165, 1.54) is 0 Å². The molecule has 3 aromatic rings. The fourth-order valence-electron chi connectivity index (χ4n) is 3.81. The normalized spacial score (nSPS) is 16.6. The molecule has 10 heteroatoms. The molecule has 0 spiro atoms. The number of carbonyl (C=O) groups is 1. The molecule has 0 radical (unpaired) electrons. The summed E-state index contributed by atoms with van der Waals surface area (Å²) in [5, 5.41) is 7.35. The number of hydrogen-bond donors (Lipinski definition) is 3. The molecule has 33 heavy (non-hydrogen) atoms. The van der Waals surface area contributed by atoms with E-state index in [-0.39, 0.29) is 17.8 Å². The number of aromatic nitrogens is 5. The van der Waals surface area contributed by atoms with Crippen LogP contribution in [-0.4, -0.2) is 54.8 Å². The first-order valence-electron chi connectivity index (χ1n) is 11.1. The maximum absolute atomic E-state index is 12.5. The molecule has 0 aliphatic carbocycles. The average Bonchev–Trinajstić information content (AvgIpc) is 3.28. The number of nitrogens with one attached hydrogen (secondary N) is 1. The van der Waals surface area contributed by atoms with Crippen molar-refractivity contribution in [1.82, 2.24) is 30.0 Å². The number of amides is 1. The lowest BCUT2D eigenvalue weighted by Crippen LogP contribution is -2.42. The summed E-state index contributed by atoms with van der Waals surface area (Å²) in [7, 11) is 0. The van der Waals surface area contributed by atoms with Crippen LogP contribution in [0.1, 0.15) is 50.9 Å². The van der Waals surface area contributed by atoms with Gasteiger partial charge in [0, 0.05) is 31.1 Å². The second-order valence-corrected chi connectivity index (χ2v) is 9.20. The van der Waals surface area contributed by atoms with Crippen LogP contribution in [0, 0.1) is 0 Å². The molecule has 5 N–H and O–H groups in total. The molecule has 10 nitrogen and oxygen atoms in total. The Morgan fingerprint density at radius 2 is 2.12 bits per heavy atom. The standard InChI is InChI=1S/C23H30N8O2/c1-23(2,3)33-22(32)31-9-5-8-16(13-31)20-28-21(30-29-20)18-19(25)26-12-17(27-18)15-7-4-6-14(10-15)11-24/h4,6-7,10,12,16H,5,8-9,11,13,24H2,1-3H3,(H2,25,26)(H,28,29,30)/t16-/m1/s1. The number of rotatable bonds is 4. The second-order valence-electron chi connectivity index (χ2n) is 9.20. The van der Waals surface area contributed by atoms with Crippen LogP contribution in [0.4, 0.5) is 10.6 Å². The minimum Gasteiger partial charge on any atom is -0.444 e. The molecule has 1 saturated heterocycles. The number of hydrogen-bond acceptors (Lipinski definition) is 8. The van der Waals surface area contributed by atoms with Crippen molar-refractivity contribution in [2.75, 3.05) is 18.8 Å². The molecule has 3 heterocycles. The molecular weight excluding hydrogens is 420 g/mol. The molecule has 174 valence electrons. The van der Waals surface area contributed by atoms with Crippen molar-refractivity contribution in [3.8, 4) is 22.8 Å². The average molecular weight is 451 g/mol. The minimum absolute atomic E-state index is 0.00475. The van der Waals surface area contributed by atoms with E-state index < -0.39 is 5.60 Å². The number of likely N-dealkylation sites (tertiary alicyclic amines) is 1. The summed E-state index contributed by atoms with van der Waals surface area (Å²) >= 11 is 0. The van der Waals surface area contributed by atoms with Gasteiger partial charge in [-0.25, -0.2) is 19.7 Å². The zero-order valence-electron chi connectivity index (χ0n) is 19.2. The van der Waals surface area contributed by atoms with E-state index in [9.17, 15) is 4.79 Å². The van der Waals surface area contributed by atoms with Gasteiger partial charge in [0.05, 0.1) is 11.9 Å². The van der Waals surface area contributed by atoms with E-state index >= 15 is 0 Å². The Bertz CT molecular complexity index is 1140. The zero-order chi connectivity index (χ0) is 23.6. The first-order valence-corrected chi connectivity index (χ1v) is 11.1. The summed E-state index contributed by atoms with van der Waals surface area (Å²) in [6.07, 6.45) is 3.04. The van der Waals surface area contributed by atoms with Gasteiger partial charge in [-0.05, 0) is 45.2 Å². The van der Waals surface area contributed by atoms with Crippen LogP contribution in [0.15, 0.2) is 30.5 Å². The van der Waals surface area contributed by atoms with Crippen LogP contribution in [0.2, 0.25) is 0 Å². The van der Waals surface area contributed by atoms with Crippen molar-refractivity contribution < 1.29 is 9.53 Å². The number of H-pyrrole nitrogens is 1. The summed E-state index contributed by atoms with van der Waals surface area (Å²) in [5.74, 6) is 1.32. The van der Waals surface area contributed by atoms with Crippen LogP contribution in [-0.2, 0) is 11.3 Å². The first-order chi connectivity index (χ1) is 15.7. The fraction of sp³-hybridized carbons (Fsp3) is 0.435. The number of aromatic amines is 1. The molecule has 1 fully saturated rings. The number of carbonyl (C=O) groups excluding carboxylic acids is 1. The summed E-state index contributed by atoms with van der Waals surface area (Å²) in [5.41, 5.74) is 14.3. The third-order valence-electron chi connectivity index (χ3n) is 5.42. The molecular formula is C23H30N8O2. The van der Waals surface area contributed by atoms with Crippen LogP contribution < -0.4 is 11.5 Å². The first kappa shape index (κ1) is 22.7. The molecule has 2 aromatic heterocycles. The summed E-state index contributed by atoms with van der Waals surface area (Å²) in [6.45, 7) is 7.18. The van der Waals surface area contributed by atoms with Crippen molar-refractivity contribution in [3.63, 3.8) is 0 Å². The highest BCUT2D eigenvalue weighted by Gasteiger charge is 2.30. The third kappa shape index (κ3) is 5.28. The predicted molar refractivity (Wildman–Crippen MR) is 125 cm³/mol. The summed E-state index contributed by atoms with van der Waals surface area (Å²) in [6, 6.07) is 7.81. The highest BCUT2D eigenvalue weighted by atomic mass is 16.6. The Morgan fingerprint density at radius 3 is 2.88 bits per heavy atom. The van der Waals surface area contributed by atoms with Crippen molar-refractivity contribution in [2.24, 2.45) is 5.73 Å². The monoisotopic (exact) mass is 450 g/mol. The van der Waals surface area contributed by atoms with Gasteiger partial charge in [-0.15, -0.1) is 0 Å². The Labute approximate surface area is 192 Å². The number of nitrogens with two attached hydrogens (primary N) is 2. The van der Waals surface area contributed by atoms with Crippen LogP contribution in [0.3, 0.4) is 0 Å². The number of benzene rings is 1. The van der Waals surface area contributed by atoms with Crippen molar-refractivity contribution >= 4 is 11.9 Å². The summed E-state index contributed by atoms with van der Waals surface area (Å²) < 4.78 is 5.52. The molecule has 1 aliphatic heterocycles. The predicted octanol–water partition coefficient (Wildman–Crippen LogP) is 3.08. The zero-order valence-corrected chi connectivity index (χ0v) is 19.2. The van der Waals surface area contributed by atoms with E-state index in [1.807, 2.05) is 45.0 Å². The molecule has 0 bridgehead atoms. The lowest BCUT2D eigenvalue weighted by molar-refractivity contribution is 0.0196. The smallest absolute Gasteiger partial charge is 0.410 e. The quantitative estimate of drug-likeness (QED) is 0.549. The Kier molecular flexibility index (Phi) is 6.28. The highest BCUT2D eigenvalue weighted by Crippen LogP contribution is 2.29. The Balaban J connectivity index is 1.55. The number of anilines is 1. The maximum atomic E-state index is 12.5. The van der Waals surface area contributed by atoms with Gasteiger partial charge in [-0.2, -0.15) is 5.10 Å². The van der Waals surface area contributed by atoms with Crippen molar-refractivity contribution in [3.05, 3.63) is 41.9 Å². The van der Waals surface area contributed by atoms with E-state index in [0.29, 0.717) is 42.7 Å². The highest BCUT2D eigenvalue weighted by molar-refractivity contribution is 5.69. The second kappa shape index (κ2) is 9.14. The number of piperidine rings is 1. The van der Waals surface area contributed by atoms with E-state index in [1.54, 1.807) is 11.1 Å². The molecule has 1 atom stereocenters. The van der Waals surface area contributed by atoms with Crippen LogP contribution in [0.25, 0.3) is 22.8 Å². The van der Waals surface area contributed by atoms with Crippen molar-refractivity contribution in [1.29, 1.82) is 0 Å². The molecule has 1 aromatic carbocycles. The minimum atomic E-state index is -0.535. The Hall–Kier alpha value is -3.53.